The van der Waals surface area contributed by atoms with Crippen molar-refractivity contribution in [2.75, 3.05) is 0 Å². The number of hydrogen-bond donors (Lipinski definition) is 0. The molecule has 118 valence electrons. The van der Waals surface area contributed by atoms with E-state index in [9.17, 15) is 4.39 Å². The molecule has 0 atom stereocenters. The summed E-state index contributed by atoms with van der Waals surface area (Å²) in [7, 11) is 0. The Morgan fingerprint density at radius 1 is 1.00 bits per heavy atom. The van der Waals surface area contributed by atoms with E-state index in [2.05, 4.69) is 66.1 Å². The van der Waals surface area contributed by atoms with Gasteiger partial charge in [-0.25, -0.2) is 9.07 Å². The molecule has 0 saturated carbocycles. The van der Waals surface area contributed by atoms with Crippen molar-refractivity contribution in [3.63, 3.8) is 0 Å². The zero-order valence-electron chi connectivity index (χ0n) is 13.3. The number of hydrogen-bond acceptors (Lipinski definition) is 1. The van der Waals surface area contributed by atoms with E-state index < -0.39 is 0 Å². The molecule has 0 aliphatic carbocycles. The molecular weight excluding hydrogens is 355 g/mol. The molecule has 23 heavy (non-hydrogen) atoms. The van der Waals surface area contributed by atoms with Crippen LogP contribution in [-0.4, -0.2) is 9.78 Å². The van der Waals surface area contributed by atoms with Gasteiger partial charge in [0, 0.05) is 10.0 Å². The Bertz CT molecular complexity index is 829. The Balaban J connectivity index is 2.04. The number of aromatic nitrogens is 2. The molecule has 0 unspecified atom stereocenters. The van der Waals surface area contributed by atoms with Crippen LogP contribution in [0.1, 0.15) is 26.3 Å². The molecule has 0 aliphatic rings. The Kier molecular flexibility index (Phi) is 4.11. The summed E-state index contributed by atoms with van der Waals surface area (Å²) in [6.07, 6.45) is 1.75. The van der Waals surface area contributed by atoms with Gasteiger partial charge < -0.3 is 0 Å². The van der Waals surface area contributed by atoms with Crippen LogP contribution < -0.4 is 0 Å². The maximum absolute atomic E-state index is 13.3. The van der Waals surface area contributed by atoms with Crippen LogP contribution in [0.3, 0.4) is 0 Å². The number of nitrogens with zero attached hydrogens (tertiary/aromatic N) is 2. The number of rotatable bonds is 2. The Morgan fingerprint density at radius 3 is 2.30 bits per heavy atom. The molecule has 0 N–H and O–H groups in total. The van der Waals surface area contributed by atoms with Crippen molar-refractivity contribution in [3.05, 3.63) is 70.6 Å². The third kappa shape index (κ3) is 3.22. The predicted molar refractivity (Wildman–Crippen MR) is 95.4 cm³/mol. The van der Waals surface area contributed by atoms with E-state index in [0.29, 0.717) is 4.47 Å². The maximum Gasteiger partial charge on any atom is 0.124 e. The summed E-state index contributed by atoms with van der Waals surface area (Å²) in [5, 5.41) is 4.42. The van der Waals surface area contributed by atoms with Crippen LogP contribution in [0.15, 0.2) is 59.2 Å². The topological polar surface area (TPSA) is 17.8 Å². The van der Waals surface area contributed by atoms with Crippen molar-refractivity contribution in [2.45, 2.75) is 26.2 Å². The lowest BCUT2D eigenvalue weighted by Crippen LogP contribution is -2.11. The molecule has 0 radical (unpaired) electrons. The van der Waals surface area contributed by atoms with Crippen LogP contribution in [0.4, 0.5) is 4.39 Å². The van der Waals surface area contributed by atoms with Crippen LogP contribution in [0.25, 0.3) is 16.9 Å². The average Bonchev–Trinajstić information content (AvgIpc) is 2.95. The highest BCUT2D eigenvalue weighted by molar-refractivity contribution is 9.10. The highest BCUT2D eigenvalue weighted by atomic mass is 79.9. The van der Waals surface area contributed by atoms with Crippen molar-refractivity contribution in [3.8, 4) is 16.9 Å². The molecule has 1 heterocycles. The highest BCUT2D eigenvalue weighted by Gasteiger charge is 2.15. The molecule has 0 bridgehead atoms. The summed E-state index contributed by atoms with van der Waals surface area (Å²) in [6, 6.07) is 15.0. The lowest BCUT2D eigenvalue weighted by atomic mass is 9.87. The first-order valence-electron chi connectivity index (χ1n) is 7.46. The lowest BCUT2D eigenvalue weighted by molar-refractivity contribution is 0.590. The predicted octanol–water partition coefficient (Wildman–Crippen LogP) is 5.74. The maximum atomic E-state index is 13.3. The molecule has 0 spiro atoms. The second-order valence-corrected chi connectivity index (χ2v) is 7.40. The van der Waals surface area contributed by atoms with E-state index in [4.69, 9.17) is 0 Å². The second kappa shape index (κ2) is 5.93. The fourth-order valence-corrected chi connectivity index (χ4v) is 3.07. The van der Waals surface area contributed by atoms with Crippen molar-refractivity contribution in [2.24, 2.45) is 0 Å². The van der Waals surface area contributed by atoms with Gasteiger partial charge in [0.15, 0.2) is 0 Å². The first kappa shape index (κ1) is 15.9. The van der Waals surface area contributed by atoms with Gasteiger partial charge in [-0.1, -0.05) is 32.9 Å². The van der Waals surface area contributed by atoms with Crippen LogP contribution in [0.5, 0.6) is 0 Å². The van der Waals surface area contributed by atoms with E-state index in [0.717, 1.165) is 16.9 Å². The van der Waals surface area contributed by atoms with Crippen LogP contribution in [-0.2, 0) is 5.41 Å². The number of halogens is 2. The molecule has 3 aromatic rings. The molecule has 2 aromatic carbocycles. The van der Waals surface area contributed by atoms with Gasteiger partial charge in [-0.3, -0.25) is 0 Å². The minimum Gasteiger partial charge on any atom is -0.233 e. The smallest absolute Gasteiger partial charge is 0.124 e. The van der Waals surface area contributed by atoms with Gasteiger partial charge in [0.1, 0.15) is 5.82 Å². The van der Waals surface area contributed by atoms with E-state index in [1.54, 1.807) is 12.3 Å². The fraction of sp³-hybridized carbons (Fsp3) is 0.211. The van der Waals surface area contributed by atoms with Crippen LogP contribution >= 0.6 is 15.9 Å². The molecule has 2 nitrogen and oxygen atoms in total. The van der Waals surface area contributed by atoms with Crippen molar-refractivity contribution < 1.29 is 4.39 Å². The Labute approximate surface area is 144 Å². The van der Waals surface area contributed by atoms with Gasteiger partial charge in [-0.15, -0.1) is 0 Å². The molecule has 3 rings (SSSR count). The SMILES string of the molecule is CC(C)(C)c1ccc(-n2nccc2-c2ccc(F)cc2Br)cc1. The molecule has 0 amide bonds. The summed E-state index contributed by atoms with van der Waals surface area (Å²) in [4.78, 5) is 0. The molecule has 4 heteroatoms. The van der Waals surface area contributed by atoms with Gasteiger partial charge in [0.25, 0.3) is 0 Å². The third-order valence-electron chi connectivity index (χ3n) is 3.83. The van der Waals surface area contributed by atoms with Gasteiger partial charge >= 0.3 is 0 Å². The van der Waals surface area contributed by atoms with Gasteiger partial charge in [-0.05, 0) is 63.3 Å². The zero-order chi connectivity index (χ0) is 16.6. The van der Waals surface area contributed by atoms with Crippen LogP contribution in [0.2, 0.25) is 0 Å². The molecule has 0 fully saturated rings. The summed E-state index contributed by atoms with van der Waals surface area (Å²) in [5.41, 5.74) is 4.20. The van der Waals surface area contributed by atoms with Crippen LogP contribution in [0, 0.1) is 5.82 Å². The minimum absolute atomic E-state index is 0.117. The zero-order valence-corrected chi connectivity index (χ0v) is 14.9. The minimum atomic E-state index is -0.263. The Morgan fingerprint density at radius 2 is 1.70 bits per heavy atom. The van der Waals surface area contributed by atoms with Gasteiger partial charge in [0.05, 0.1) is 17.6 Å². The number of benzene rings is 2. The quantitative estimate of drug-likeness (QED) is 0.560. The summed E-state index contributed by atoms with van der Waals surface area (Å²) in [5.74, 6) is -0.263. The van der Waals surface area contributed by atoms with E-state index in [-0.39, 0.29) is 11.2 Å². The molecular formula is C19H18BrFN2. The monoisotopic (exact) mass is 372 g/mol. The Hall–Kier alpha value is -1.94. The third-order valence-corrected chi connectivity index (χ3v) is 4.48. The highest BCUT2D eigenvalue weighted by Crippen LogP contribution is 2.31. The van der Waals surface area contributed by atoms with E-state index in [1.165, 1.54) is 17.7 Å². The molecule has 0 saturated heterocycles. The van der Waals surface area contributed by atoms with Gasteiger partial charge in [0.2, 0.25) is 0 Å². The summed E-state index contributed by atoms with van der Waals surface area (Å²) < 4.78 is 15.9. The lowest BCUT2D eigenvalue weighted by Gasteiger charge is -2.19. The first-order valence-corrected chi connectivity index (χ1v) is 8.26. The average molecular weight is 373 g/mol. The van der Waals surface area contributed by atoms with Crippen molar-refractivity contribution in [1.29, 1.82) is 0 Å². The largest absolute Gasteiger partial charge is 0.233 e. The standard InChI is InChI=1S/C19H18BrFN2/c1-19(2,3)13-4-7-15(8-5-13)23-18(10-11-22-23)16-9-6-14(21)12-17(16)20/h4-12H,1-3H3. The second-order valence-electron chi connectivity index (χ2n) is 6.55. The summed E-state index contributed by atoms with van der Waals surface area (Å²) in [6.45, 7) is 6.57. The first-order chi connectivity index (χ1) is 10.9. The van der Waals surface area contributed by atoms with E-state index in [1.807, 2.05) is 10.7 Å². The molecule has 0 aliphatic heterocycles. The molecule has 1 aromatic heterocycles. The van der Waals surface area contributed by atoms with E-state index >= 15 is 0 Å². The van der Waals surface area contributed by atoms with Crippen molar-refractivity contribution in [1.82, 2.24) is 9.78 Å². The van der Waals surface area contributed by atoms with Gasteiger partial charge in [-0.2, -0.15) is 5.10 Å². The summed E-state index contributed by atoms with van der Waals surface area (Å²) >= 11 is 3.43. The van der Waals surface area contributed by atoms with Crippen molar-refractivity contribution >= 4 is 15.9 Å². The normalized spacial score (nSPS) is 11.7. The fourth-order valence-electron chi connectivity index (χ4n) is 2.51.